The third kappa shape index (κ3) is 2.31. The molecule has 2 atom stereocenters. The average molecular weight is 283 g/mol. The molecule has 0 saturated carbocycles. The van der Waals surface area contributed by atoms with Crippen molar-refractivity contribution in [2.45, 2.75) is 19.4 Å². The topological polar surface area (TPSA) is 29.3 Å². The van der Waals surface area contributed by atoms with Gasteiger partial charge in [-0.05, 0) is 50.0 Å². The first-order valence-electron chi connectivity index (χ1n) is 5.78. The second-order valence-corrected chi connectivity index (χ2v) is 5.67. The van der Waals surface area contributed by atoms with Gasteiger partial charge in [0.15, 0.2) is 0 Å². The Bertz CT molecular complexity index is 378. The summed E-state index contributed by atoms with van der Waals surface area (Å²) < 4.78 is 1.22. The SMILES string of the molecule is Cc1ccc(C2CC(CN)CN2C)c(Br)c1. The van der Waals surface area contributed by atoms with Crippen LogP contribution in [0.4, 0.5) is 0 Å². The first-order valence-corrected chi connectivity index (χ1v) is 6.57. The second-order valence-electron chi connectivity index (χ2n) is 4.82. The Kier molecular flexibility index (Phi) is 3.67. The van der Waals surface area contributed by atoms with E-state index < -0.39 is 0 Å². The summed E-state index contributed by atoms with van der Waals surface area (Å²) in [6, 6.07) is 7.13. The van der Waals surface area contributed by atoms with Crippen LogP contribution < -0.4 is 5.73 Å². The lowest BCUT2D eigenvalue weighted by molar-refractivity contribution is 0.313. The summed E-state index contributed by atoms with van der Waals surface area (Å²) in [5, 5.41) is 0. The van der Waals surface area contributed by atoms with Crippen LogP contribution in [0.1, 0.15) is 23.6 Å². The smallest absolute Gasteiger partial charge is 0.0359 e. The Morgan fingerprint density at radius 3 is 2.81 bits per heavy atom. The van der Waals surface area contributed by atoms with Crippen LogP contribution in [0.2, 0.25) is 0 Å². The number of hydrogen-bond acceptors (Lipinski definition) is 2. The molecule has 1 aromatic rings. The largest absolute Gasteiger partial charge is 0.330 e. The predicted octanol–water partition coefficient (Wildman–Crippen LogP) is 2.71. The van der Waals surface area contributed by atoms with E-state index in [9.17, 15) is 0 Å². The van der Waals surface area contributed by atoms with E-state index in [1.54, 1.807) is 0 Å². The molecule has 0 bridgehead atoms. The maximum atomic E-state index is 5.76. The lowest BCUT2D eigenvalue weighted by Crippen LogP contribution is -2.20. The van der Waals surface area contributed by atoms with Gasteiger partial charge in [-0.3, -0.25) is 4.90 Å². The summed E-state index contributed by atoms with van der Waals surface area (Å²) in [7, 11) is 2.19. The molecule has 1 aliphatic heterocycles. The lowest BCUT2D eigenvalue weighted by atomic mass is 9.99. The van der Waals surface area contributed by atoms with Crippen molar-refractivity contribution in [2.24, 2.45) is 11.7 Å². The zero-order valence-electron chi connectivity index (χ0n) is 9.91. The highest BCUT2D eigenvalue weighted by Crippen LogP contribution is 2.37. The van der Waals surface area contributed by atoms with E-state index >= 15 is 0 Å². The van der Waals surface area contributed by atoms with Crippen molar-refractivity contribution in [3.63, 3.8) is 0 Å². The van der Waals surface area contributed by atoms with Crippen molar-refractivity contribution in [1.29, 1.82) is 0 Å². The molecule has 0 amide bonds. The van der Waals surface area contributed by atoms with Gasteiger partial charge in [0.1, 0.15) is 0 Å². The number of halogens is 1. The van der Waals surface area contributed by atoms with Crippen molar-refractivity contribution >= 4 is 15.9 Å². The number of hydrogen-bond donors (Lipinski definition) is 1. The first kappa shape index (κ1) is 12.1. The highest BCUT2D eigenvalue weighted by atomic mass is 79.9. The van der Waals surface area contributed by atoms with Gasteiger partial charge < -0.3 is 5.73 Å². The van der Waals surface area contributed by atoms with E-state index in [-0.39, 0.29) is 0 Å². The monoisotopic (exact) mass is 282 g/mol. The molecule has 16 heavy (non-hydrogen) atoms. The Morgan fingerprint density at radius 1 is 1.50 bits per heavy atom. The van der Waals surface area contributed by atoms with Gasteiger partial charge in [-0.2, -0.15) is 0 Å². The highest BCUT2D eigenvalue weighted by Gasteiger charge is 2.30. The highest BCUT2D eigenvalue weighted by molar-refractivity contribution is 9.10. The van der Waals surface area contributed by atoms with Gasteiger partial charge in [-0.15, -0.1) is 0 Å². The molecular weight excluding hydrogens is 264 g/mol. The van der Waals surface area contributed by atoms with E-state index in [1.165, 1.54) is 22.0 Å². The summed E-state index contributed by atoms with van der Waals surface area (Å²) in [5.74, 6) is 0.642. The Labute approximate surface area is 106 Å². The van der Waals surface area contributed by atoms with E-state index in [0.717, 1.165) is 13.1 Å². The van der Waals surface area contributed by atoms with Crippen molar-refractivity contribution in [2.75, 3.05) is 20.1 Å². The fourth-order valence-electron chi connectivity index (χ4n) is 2.54. The molecule has 0 aliphatic carbocycles. The molecule has 1 heterocycles. The van der Waals surface area contributed by atoms with Gasteiger partial charge in [0.25, 0.3) is 0 Å². The summed E-state index contributed by atoms with van der Waals surface area (Å²) in [4.78, 5) is 2.41. The molecule has 2 nitrogen and oxygen atoms in total. The normalized spacial score (nSPS) is 26.2. The molecule has 1 aliphatic rings. The molecule has 1 aromatic carbocycles. The Balaban J connectivity index is 2.24. The van der Waals surface area contributed by atoms with Crippen LogP contribution in [0.25, 0.3) is 0 Å². The van der Waals surface area contributed by atoms with Crippen molar-refractivity contribution < 1.29 is 0 Å². The van der Waals surface area contributed by atoms with Gasteiger partial charge in [-0.1, -0.05) is 28.1 Å². The van der Waals surface area contributed by atoms with Gasteiger partial charge in [0, 0.05) is 17.1 Å². The summed E-state index contributed by atoms with van der Waals surface area (Å²) in [5.41, 5.74) is 8.45. The van der Waals surface area contributed by atoms with Crippen LogP contribution >= 0.6 is 15.9 Å². The number of rotatable bonds is 2. The summed E-state index contributed by atoms with van der Waals surface area (Å²) in [6.45, 7) is 4.03. The van der Waals surface area contributed by atoms with E-state index in [4.69, 9.17) is 5.73 Å². The van der Waals surface area contributed by atoms with E-state index in [2.05, 4.69) is 53.0 Å². The molecule has 1 fully saturated rings. The molecule has 0 aromatic heterocycles. The molecule has 0 spiro atoms. The number of aryl methyl sites for hydroxylation is 1. The molecule has 2 rings (SSSR count). The second kappa shape index (κ2) is 4.86. The van der Waals surface area contributed by atoms with Crippen LogP contribution in [0, 0.1) is 12.8 Å². The minimum absolute atomic E-state index is 0.517. The van der Waals surface area contributed by atoms with Crippen LogP contribution in [0.15, 0.2) is 22.7 Å². The average Bonchev–Trinajstić information content (AvgIpc) is 2.60. The third-order valence-electron chi connectivity index (χ3n) is 3.48. The fourth-order valence-corrected chi connectivity index (χ4v) is 3.30. The van der Waals surface area contributed by atoms with Crippen molar-refractivity contribution in [3.8, 4) is 0 Å². The molecule has 2 unspecified atom stereocenters. The maximum Gasteiger partial charge on any atom is 0.0359 e. The third-order valence-corrected chi connectivity index (χ3v) is 4.17. The van der Waals surface area contributed by atoms with Gasteiger partial charge in [0.05, 0.1) is 0 Å². The molecular formula is C13H19BrN2. The van der Waals surface area contributed by atoms with Crippen LogP contribution in [-0.4, -0.2) is 25.0 Å². The minimum atomic E-state index is 0.517. The zero-order chi connectivity index (χ0) is 11.7. The number of nitrogens with zero attached hydrogens (tertiary/aromatic N) is 1. The maximum absolute atomic E-state index is 5.76. The summed E-state index contributed by atoms with van der Waals surface area (Å²) >= 11 is 3.67. The number of benzene rings is 1. The Morgan fingerprint density at radius 2 is 2.25 bits per heavy atom. The standard InChI is InChI=1S/C13H19BrN2/c1-9-3-4-11(12(14)5-9)13-6-10(7-15)8-16(13)2/h3-5,10,13H,6-8,15H2,1-2H3. The molecule has 3 heteroatoms. The van der Waals surface area contributed by atoms with Crippen molar-refractivity contribution in [1.82, 2.24) is 4.90 Å². The van der Waals surface area contributed by atoms with Gasteiger partial charge in [0.2, 0.25) is 0 Å². The molecule has 2 N–H and O–H groups in total. The Hall–Kier alpha value is -0.380. The molecule has 1 saturated heterocycles. The number of nitrogens with two attached hydrogens (primary N) is 1. The lowest BCUT2D eigenvalue weighted by Gasteiger charge is -2.21. The quantitative estimate of drug-likeness (QED) is 0.904. The first-order chi connectivity index (χ1) is 7.61. The van der Waals surface area contributed by atoms with Crippen LogP contribution in [-0.2, 0) is 0 Å². The number of likely N-dealkylation sites (tertiary alicyclic amines) is 1. The summed E-state index contributed by atoms with van der Waals surface area (Å²) in [6.07, 6.45) is 1.18. The van der Waals surface area contributed by atoms with Crippen LogP contribution in [0.3, 0.4) is 0 Å². The predicted molar refractivity (Wildman–Crippen MR) is 71.4 cm³/mol. The minimum Gasteiger partial charge on any atom is -0.330 e. The van der Waals surface area contributed by atoms with Gasteiger partial charge in [-0.25, -0.2) is 0 Å². The molecule has 0 radical (unpaired) electrons. The van der Waals surface area contributed by atoms with Crippen molar-refractivity contribution in [3.05, 3.63) is 33.8 Å². The van der Waals surface area contributed by atoms with Gasteiger partial charge >= 0.3 is 0 Å². The van der Waals surface area contributed by atoms with E-state index in [0.29, 0.717) is 12.0 Å². The fraction of sp³-hybridized carbons (Fsp3) is 0.538. The van der Waals surface area contributed by atoms with Crippen LogP contribution in [0.5, 0.6) is 0 Å². The zero-order valence-corrected chi connectivity index (χ0v) is 11.5. The van der Waals surface area contributed by atoms with E-state index in [1.807, 2.05) is 0 Å². The molecule has 88 valence electrons.